The van der Waals surface area contributed by atoms with Crippen LogP contribution < -0.4 is 4.90 Å². The van der Waals surface area contributed by atoms with E-state index in [0.29, 0.717) is 5.92 Å². The molecule has 3 unspecified atom stereocenters. The Morgan fingerprint density at radius 2 is 1.07 bits per heavy atom. The molecule has 1 nitrogen and oxygen atoms in total. The van der Waals surface area contributed by atoms with Crippen molar-refractivity contribution in [1.29, 1.82) is 0 Å². The number of hydrogen-bond donors (Lipinski definition) is 0. The van der Waals surface area contributed by atoms with E-state index in [9.17, 15) is 0 Å². The van der Waals surface area contributed by atoms with E-state index in [1.807, 2.05) is 0 Å². The van der Waals surface area contributed by atoms with Crippen molar-refractivity contribution in [2.24, 2.45) is 11.8 Å². The van der Waals surface area contributed by atoms with Gasteiger partial charge in [0.05, 0.1) is 0 Å². The molecule has 0 amide bonds. The first kappa shape index (κ1) is 36.4. The molecule has 11 rings (SSSR count). The molecule has 0 aromatic heterocycles. The fourth-order valence-electron chi connectivity index (χ4n) is 11.9. The lowest BCUT2D eigenvalue weighted by Crippen LogP contribution is -2.16. The van der Waals surface area contributed by atoms with Gasteiger partial charge in [-0.05, 0) is 159 Å². The fourth-order valence-corrected chi connectivity index (χ4v) is 11.9. The average Bonchev–Trinajstić information content (AvgIpc) is 4.00. The van der Waals surface area contributed by atoms with E-state index >= 15 is 0 Å². The van der Waals surface area contributed by atoms with Gasteiger partial charge in [-0.3, -0.25) is 0 Å². The van der Waals surface area contributed by atoms with Gasteiger partial charge in [0.15, 0.2) is 0 Å². The molecule has 2 bridgehead atoms. The lowest BCUT2D eigenvalue weighted by molar-refractivity contribution is 0.420. The summed E-state index contributed by atoms with van der Waals surface area (Å²) in [6.45, 7) is 4.82. The monoisotopic (exact) mass is 765 g/mol. The number of benzene rings is 7. The lowest BCUT2D eigenvalue weighted by atomic mass is 9.81. The zero-order valence-electron chi connectivity index (χ0n) is 34.7. The van der Waals surface area contributed by atoms with E-state index in [4.69, 9.17) is 0 Å². The Hall–Kier alpha value is -5.66. The molecule has 0 saturated heterocycles. The molecule has 0 heterocycles. The molecule has 4 aliphatic rings. The average molecular weight is 766 g/mol. The minimum atomic E-state index is -0.164. The molecule has 0 aliphatic heterocycles. The Morgan fingerprint density at radius 3 is 1.76 bits per heavy atom. The minimum absolute atomic E-state index is 0.164. The van der Waals surface area contributed by atoms with Crippen molar-refractivity contribution in [3.05, 3.63) is 186 Å². The van der Waals surface area contributed by atoms with Gasteiger partial charge in [-0.1, -0.05) is 167 Å². The van der Waals surface area contributed by atoms with Crippen LogP contribution >= 0.6 is 0 Å². The summed E-state index contributed by atoms with van der Waals surface area (Å²) in [5.41, 5.74) is 19.6. The molecule has 3 fully saturated rings. The van der Waals surface area contributed by atoms with Crippen LogP contribution in [0, 0.1) is 11.8 Å². The summed E-state index contributed by atoms with van der Waals surface area (Å²) in [7, 11) is 0. The van der Waals surface area contributed by atoms with Gasteiger partial charge in [0.25, 0.3) is 0 Å². The Bertz CT molecular complexity index is 2610. The van der Waals surface area contributed by atoms with Crippen molar-refractivity contribution in [1.82, 2.24) is 0 Å². The van der Waals surface area contributed by atoms with Crippen molar-refractivity contribution in [2.75, 3.05) is 4.90 Å². The molecule has 0 spiro atoms. The summed E-state index contributed by atoms with van der Waals surface area (Å²) in [5.74, 6) is 3.33. The molecule has 59 heavy (non-hydrogen) atoms. The molecule has 4 aliphatic carbocycles. The number of hydrogen-bond acceptors (Lipinski definition) is 1. The van der Waals surface area contributed by atoms with Crippen LogP contribution in [0.1, 0.15) is 106 Å². The first-order chi connectivity index (χ1) is 29.0. The van der Waals surface area contributed by atoms with E-state index in [2.05, 4.69) is 183 Å². The number of nitrogens with zero attached hydrogens (tertiary/aromatic N) is 1. The maximum Gasteiger partial charge on any atom is 0.0465 e. The van der Waals surface area contributed by atoms with Crippen molar-refractivity contribution in [2.45, 2.75) is 88.9 Å². The molecule has 3 atom stereocenters. The third-order valence-electron chi connectivity index (χ3n) is 15.0. The van der Waals surface area contributed by atoms with Gasteiger partial charge in [-0.15, -0.1) is 0 Å². The van der Waals surface area contributed by atoms with Crippen LogP contribution in [0.2, 0.25) is 0 Å². The quantitative estimate of drug-likeness (QED) is 0.149. The number of rotatable bonds is 8. The van der Waals surface area contributed by atoms with Gasteiger partial charge >= 0.3 is 0 Å². The van der Waals surface area contributed by atoms with Gasteiger partial charge < -0.3 is 4.90 Å². The predicted octanol–water partition coefficient (Wildman–Crippen LogP) is 16.4. The van der Waals surface area contributed by atoms with Crippen LogP contribution in [0.25, 0.3) is 44.5 Å². The normalized spacial score (nSPS) is 20.3. The molecular weight excluding hydrogens is 711 g/mol. The zero-order valence-corrected chi connectivity index (χ0v) is 34.7. The molecule has 0 N–H and O–H groups in total. The van der Waals surface area contributed by atoms with E-state index in [1.54, 1.807) is 5.56 Å². The fraction of sp³-hybridized carbons (Fsp3) is 0.276. The van der Waals surface area contributed by atoms with E-state index in [-0.39, 0.29) is 5.41 Å². The maximum atomic E-state index is 2.49. The van der Waals surface area contributed by atoms with E-state index < -0.39 is 0 Å². The summed E-state index contributed by atoms with van der Waals surface area (Å²) in [6, 6.07) is 62.4. The molecule has 292 valence electrons. The molecule has 3 saturated carbocycles. The summed E-state index contributed by atoms with van der Waals surface area (Å²) < 4.78 is 0. The molecule has 1 heteroatoms. The molecular formula is C58H55N. The van der Waals surface area contributed by atoms with Crippen molar-refractivity contribution < 1.29 is 0 Å². The summed E-state index contributed by atoms with van der Waals surface area (Å²) in [5, 5.41) is 0. The summed E-state index contributed by atoms with van der Waals surface area (Å²) in [6.07, 6.45) is 12.4. The third-order valence-corrected chi connectivity index (χ3v) is 15.0. The van der Waals surface area contributed by atoms with Crippen molar-refractivity contribution in [3.63, 3.8) is 0 Å². The highest BCUT2D eigenvalue weighted by molar-refractivity contribution is 5.97. The van der Waals surface area contributed by atoms with Crippen molar-refractivity contribution in [3.8, 4) is 44.5 Å². The molecule has 7 aromatic carbocycles. The second-order valence-corrected chi connectivity index (χ2v) is 18.7. The van der Waals surface area contributed by atoms with Gasteiger partial charge in [0.2, 0.25) is 0 Å². The van der Waals surface area contributed by atoms with Gasteiger partial charge in [0.1, 0.15) is 0 Å². The van der Waals surface area contributed by atoms with Crippen molar-refractivity contribution >= 4 is 17.1 Å². The smallest absolute Gasteiger partial charge is 0.0465 e. The lowest BCUT2D eigenvalue weighted by Gasteiger charge is -2.29. The minimum Gasteiger partial charge on any atom is -0.310 e. The van der Waals surface area contributed by atoms with Crippen LogP contribution in [0.15, 0.2) is 164 Å². The standard InChI is InChI=1S/C58H55N/c1-58(2)55-19-11-18-52(51-17-10-9-16-50(51)44-14-7-4-8-15-44)57(55)53-35-34-49(38-56(53)58)59(47-30-26-42(27-31-47)40-12-5-3-6-13-40)48-32-28-43(29-33-48)41-22-24-45(25-23-41)54-37-39-20-21-46(54)36-39/h4,7-11,14-19,22-35,38-40,46,54H,3,5-6,12-13,20-21,36-37H2,1-2H3. The topological polar surface area (TPSA) is 3.24 Å². The van der Waals surface area contributed by atoms with Crippen LogP contribution in [-0.2, 0) is 5.41 Å². The Morgan fingerprint density at radius 1 is 0.441 bits per heavy atom. The van der Waals surface area contributed by atoms with Crippen LogP contribution in [0.5, 0.6) is 0 Å². The Balaban J connectivity index is 0.974. The second kappa shape index (κ2) is 14.9. The first-order valence-electron chi connectivity index (χ1n) is 22.5. The predicted molar refractivity (Wildman–Crippen MR) is 249 cm³/mol. The molecule has 7 aromatic rings. The zero-order chi connectivity index (χ0) is 39.5. The highest BCUT2D eigenvalue weighted by Crippen LogP contribution is 2.55. The first-order valence-corrected chi connectivity index (χ1v) is 22.5. The maximum absolute atomic E-state index is 2.49. The summed E-state index contributed by atoms with van der Waals surface area (Å²) in [4.78, 5) is 2.48. The highest BCUT2D eigenvalue weighted by Gasteiger charge is 2.40. The largest absolute Gasteiger partial charge is 0.310 e. The SMILES string of the molecule is CC1(C)c2cc(N(c3ccc(-c4ccc(C5CC6CCC5C6)cc4)cc3)c3ccc(C4CCCCC4)cc3)ccc2-c2c(-c3ccccc3-c3ccccc3)cccc21. The van der Waals surface area contributed by atoms with Gasteiger partial charge in [-0.2, -0.15) is 0 Å². The highest BCUT2D eigenvalue weighted by atomic mass is 15.1. The van der Waals surface area contributed by atoms with Gasteiger partial charge in [-0.25, -0.2) is 0 Å². The second-order valence-electron chi connectivity index (χ2n) is 18.7. The van der Waals surface area contributed by atoms with E-state index in [1.165, 1.54) is 136 Å². The Kier molecular flexibility index (Phi) is 9.18. The van der Waals surface area contributed by atoms with Gasteiger partial charge in [0, 0.05) is 22.5 Å². The Labute approximate surface area is 351 Å². The van der Waals surface area contributed by atoms with Crippen LogP contribution in [0.3, 0.4) is 0 Å². The van der Waals surface area contributed by atoms with Crippen LogP contribution in [-0.4, -0.2) is 0 Å². The van der Waals surface area contributed by atoms with E-state index in [0.717, 1.165) is 17.8 Å². The third kappa shape index (κ3) is 6.46. The summed E-state index contributed by atoms with van der Waals surface area (Å²) >= 11 is 0. The van der Waals surface area contributed by atoms with Crippen LogP contribution in [0.4, 0.5) is 17.1 Å². The number of anilines is 3. The molecule has 0 radical (unpaired) electrons. The number of fused-ring (bicyclic) bond motifs is 5.